The van der Waals surface area contributed by atoms with Crippen molar-refractivity contribution in [2.24, 2.45) is 0 Å². The molecule has 3 rings (SSSR count). The highest BCUT2D eigenvalue weighted by Gasteiger charge is 2.30. The number of benzene rings is 2. The van der Waals surface area contributed by atoms with Crippen molar-refractivity contribution in [3.05, 3.63) is 58.6 Å². The Morgan fingerprint density at radius 2 is 1.92 bits per heavy atom. The second kappa shape index (κ2) is 7.05. The molecular formula is C18H17BrN2O3. The first-order valence-corrected chi connectivity index (χ1v) is 8.37. The van der Waals surface area contributed by atoms with Crippen molar-refractivity contribution in [3.63, 3.8) is 0 Å². The van der Waals surface area contributed by atoms with E-state index in [4.69, 9.17) is 4.74 Å². The second-order valence-electron chi connectivity index (χ2n) is 5.67. The molecule has 1 atom stereocenters. The average molecular weight is 389 g/mol. The van der Waals surface area contributed by atoms with Crippen molar-refractivity contribution in [2.75, 3.05) is 12.4 Å². The molecule has 0 aromatic heterocycles. The number of carbonyl (C=O) groups is 2. The van der Waals surface area contributed by atoms with E-state index in [1.165, 1.54) is 0 Å². The molecule has 6 heteroatoms. The van der Waals surface area contributed by atoms with Crippen molar-refractivity contribution < 1.29 is 14.3 Å². The third kappa shape index (κ3) is 3.76. The molecule has 0 fully saturated rings. The van der Waals surface area contributed by atoms with E-state index in [9.17, 15) is 9.59 Å². The van der Waals surface area contributed by atoms with Crippen molar-refractivity contribution >= 4 is 33.4 Å². The standard InChI is InChI=1S/C18H17BrN2O3/c1-21(11-12-6-8-13(19)9-7-12)17(22)10-16-18(23)20-14-4-2-3-5-15(14)24-16/h2-9,16H,10-11H2,1H3,(H,20,23)/t16-/m0/s1. The van der Waals surface area contributed by atoms with E-state index in [1.807, 2.05) is 36.4 Å². The first kappa shape index (κ1) is 16.5. The molecule has 2 aromatic rings. The summed E-state index contributed by atoms with van der Waals surface area (Å²) in [6.45, 7) is 0.483. The molecule has 0 bridgehead atoms. The third-order valence-corrected chi connectivity index (χ3v) is 4.35. The minimum atomic E-state index is -0.806. The van der Waals surface area contributed by atoms with Gasteiger partial charge in [-0.15, -0.1) is 0 Å². The predicted molar refractivity (Wildman–Crippen MR) is 94.7 cm³/mol. The van der Waals surface area contributed by atoms with Gasteiger partial charge in [-0.2, -0.15) is 0 Å². The first-order valence-electron chi connectivity index (χ1n) is 7.58. The van der Waals surface area contributed by atoms with Crippen LogP contribution in [-0.2, 0) is 16.1 Å². The Morgan fingerprint density at radius 1 is 1.21 bits per heavy atom. The fraction of sp³-hybridized carbons (Fsp3) is 0.222. The number of ether oxygens (including phenoxy) is 1. The number of carbonyl (C=O) groups excluding carboxylic acids is 2. The van der Waals surface area contributed by atoms with E-state index in [1.54, 1.807) is 24.1 Å². The van der Waals surface area contributed by atoms with Crippen molar-refractivity contribution in [2.45, 2.75) is 19.1 Å². The maximum absolute atomic E-state index is 12.4. The Bertz CT molecular complexity index is 761. The summed E-state index contributed by atoms with van der Waals surface area (Å²) in [5, 5.41) is 2.77. The zero-order valence-electron chi connectivity index (χ0n) is 13.2. The molecule has 0 saturated carbocycles. The summed E-state index contributed by atoms with van der Waals surface area (Å²) >= 11 is 3.38. The number of para-hydroxylation sites is 2. The van der Waals surface area contributed by atoms with Gasteiger partial charge in [0.2, 0.25) is 5.91 Å². The number of hydrogen-bond acceptors (Lipinski definition) is 3. The van der Waals surface area contributed by atoms with Crippen LogP contribution in [0, 0.1) is 0 Å². The molecular weight excluding hydrogens is 372 g/mol. The number of nitrogens with one attached hydrogen (secondary N) is 1. The third-order valence-electron chi connectivity index (χ3n) is 3.83. The van der Waals surface area contributed by atoms with Gasteiger partial charge in [-0.3, -0.25) is 9.59 Å². The summed E-state index contributed by atoms with van der Waals surface area (Å²) < 4.78 is 6.66. The SMILES string of the molecule is CN(Cc1ccc(Br)cc1)C(=O)C[C@@H]1Oc2ccccc2NC1=O. The Labute approximate surface area is 148 Å². The van der Waals surface area contributed by atoms with E-state index in [-0.39, 0.29) is 18.2 Å². The largest absolute Gasteiger partial charge is 0.478 e. The Morgan fingerprint density at radius 3 is 2.67 bits per heavy atom. The van der Waals surface area contributed by atoms with Crippen LogP contribution in [0.3, 0.4) is 0 Å². The zero-order chi connectivity index (χ0) is 17.1. The van der Waals surface area contributed by atoms with Crippen LogP contribution < -0.4 is 10.1 Å². The molecule has 2 aromatic carbocycles. The highest BCUT2D eigenvalue weighted by molar-refractivity contribution is 9.10. The van der Waals surface area contributed by atoms with Crippen LogP contribution in [0.5, 0.6) is 5.75 Å². The predicted octanol–water partition coefficient (Wildman–Crippen LogP) is 3.20. The van der Waals surface area contributed by atoms with Crippen LogP contribution >= 0.6 is 15.9 Å². The molecule has 2 amide bonds. The van der Waals surface area contributed by atoms with Crippen LogP contribution in [0.2, 0.25) is 0 Å². The highest BCUT2D eigenvalue weighted by atomic mass is 79.9. The molecule has 1 N–H and O–H groups in total. The zero-order valence-corrected chi connectivity index (χ0v) is 14.7. The van der Waals surface area contributed by atoms with E-state index in [0.29, 0.717) is 18.0 Å². The number of fused-ring (bicyclic) bond motifs is 1. The number of hydrogen-bond donors (Lipinski definition) is 1. The fourth-order valence-corrected chi connectivity index (χ4v) is 2.76. The van der Waals surface area contributed by atoms with Crippen LogP contribution in [-0.4, -0.2) is 29.9 Å². The van der Waals surface area contributed by atoms with Crippen LogP contribution in [0.25, 0.3) is 0 Å². The maximum atomic E-state index is 12.4. The van der Waals surface area contributed by atoms with Gasteiger partial charge in [0.05, 0.1) is 12.1 Å². The number of nitrogens with zero attached hydrogens (tertiary/aromatic N) is 1. The average Bonchev–Trinajstić information content (AvgIpc) is 2.57. The number of anilines is 1. The molecule has 0 spiro atoms. The molecule has 0 saturated heterocycles. The monoisotopic (exact) mass is 388 g/mol. The van der Waals surface area contributed by atoms with Crippen LogP contribution in [0.4, 0.5) is 5.69 Å². The van der Waals surface area contributed by atoms with Crippen LogP contribution in [0.15, 0.2) is 53.0 Å². The second-order valence-corrected chi connectivity index (χ2v) is 6.59. The lowest BCUT2D eigenvalue weighted by Crippen LogP contribution is -2.41. The summed E-state index contributed by atoms with van der Waals surface area (Å²) in [6.07, 6.45) is -0.799. The number of halogens is 1. The lowest BCUT2D eigenvalue weighted by atomic mass is 10.1. The smallest absolute Gasteiger partial charge is 0.266 e. The molecule has 24 heavy (non-hydrogen) atoms. The lowest BCUT2D eigenvalue weighted by Gasteiger charge is -2.27. The van der Waals surface area contributed by atoms with Crippen molar-refractivity contribution in [3.8, 4) is 5.75 Å². The van der Waals surface area contributed by atoms with Gasteiger partial charge < -0.3 is 15.0 Å². The van der Waals surface area contributed by atoms with Gasteiger partial charge in [0, 0.05) is 18.1 Å². The van der Waals surface area contributed by atoms with Crippen molar-refractivity contribution in [1.29, 1.82) is 0 Å². The lowest BCUT2D eigenvalue weighted by molar-refractivity contribution is -0.136. The molecule has 5 nitrogen and oxygen atoms in total. The minimum Gasteiger partial charge on any atom is -0.478 e. The summed E-state index contributed by atoms with van der Waals surface area (Å²) in [4.78, 5) is 26.1. The van der Waals surface area contributed by atoms with Crippen LogP contribution in [0.1, 0.15) is 12.0 Å². The topological polar surface area (TPSA) is 58.6 Å². The van der Waals surface area contributed by atoms with Gasteiger partial charge in [0.25, 0.3) is 5.91 Å². The van der Waals surface area contributed by atoms with Gasteiger partial charge in [0.1, 0.15) is 5.75 Å². The van der Waals surface area contributed by atoms with E-state index in [0.717, 1.165) is 10.0 Å². The molecule has 0 unspecified atom stereocenters. The Hall–Kier alpha value is -2.34. The van der Waals surface area contributed by atoms with E-state index < -0.39 is 6.10 Å². The molecule has 0 radical (unpaired) electrons. The fourth-order valence-electron chi connectivity index (χ4n) is 2.49. The quantitative estimate of drug-likeness (QED) is 0.874. The molecule has 1 aliphatic heterocycles. The first-order chi connectivity index (χ1) is 11.5. The highest BCUT2D eigenvalue weighted by Crippen LogP contribution is 2.29. The van der Waals surface area contributed by atoms with Gasteiger partial charge >= 0.3 is 0 Å². The molecule has 1 aliphatic rings. The maximum Gasteiger partial charge on any atom is 0.266 e. The van der Waals surface area contributed by atoms with Gasteiger partial charge in [-0.05, 0) is 29.8 Å². The summed E-state index contributed by atoms with van der Waals surface area (Å²) in [7, 11) is 1.72. The Balaban J connectivity index is 1.62. The van der Waals surface area contributed by atoms with Gasteiger partial charge in [0.15, 0.2) is 6.10 Å². The summed E-state index contributed by atoms with van der Waals surface area (Å²) in [5.74, 6) is 0.155. The normalized spacial score (nSPS) is 15.9. The van der Waals surface area contributed by atoms with E-state index in [2.05, 4.69) is 21.2 Å². The molecule has 124 valence electrons. The molecule has 1 heterocycles. The number of rotatable bonds is 4. The van der Waals surface area contributed by atoms with Gasteiger partial charge in [-0.1, -0.05) is 40.2 Å². The van der Waals surface area contributed by atoms with Gasteiger partial charge in [-0.25, -0.2) is 0 Å². The summed E-state index contributed by atoms with van der Waals surface area (Å²) in [5.41, 5.74) is 1.66. The molecule has 0 aliphatic carbocycles. The van der Waals surface area contributed by atoms with E-state index >= 15 is 0 Å². The number of amides is 2. The minimum absolute atomic E-state index is 0.00714. The van der Waals surface area contributed by atoms with Crippen molar-refractivity contribution in [1.82, 2.24) is 4.90 Å². The Kier molecular flexibility index (Phi) is 4.85. The summed E-state index contributed by atoms with van der Waals surface area (Å²) in [6, 6.07) is 15.0.